The molecule has 0 aromatic heterocycles. The number of nitrogens with one attached hydrogen (secondary N) is 2. The zero-order valence-electron chi connectivity index (χ0n) is 10.0. The second kappa shape index (κ2) is 4.64. The molecule has 17 heavy (non-hydrogen) atoms. The minimum absolute atomic E-state index is 0.670. The zero-order valence-corrected chi connectivity index (χ0v) is 10.8. The maximum absolute atomic E-state index is 11.8. The summed E-state index contributed by atoms with van der Waals surface area (Å²) in [5, 5.41) is 3.25. The van der Waals surface area contributed by atoms with Gasteiger partial charge in [-0.3, -0.25) is 4.72 Å². The third-order valence-corrected chi connectivity index (χ3v) is 4.30. The van der Waals surface area contributed by atoms with E-state index in [1.165, 1.54) is 24.0 Å². The molecule has 94 valence electrons. The molecule has 1 heterocycles. The fourth-order valence-corrected chi connectivity index (χ4v) is 2.49. The lowest BCUT2D eigenvalue weighted by molar-refractivity contribution is 0.526. The first-order valence-electron chi connectivity index (χ1n) is 5.52. The summed E-state index contributed by atoms with van der Waals surface area (Å²) in [7, 11) is -0.409. The van der Waals surface area contributed by atoms with Gasteiger partial charge in [0.1, 0.15) is 0 Å². The van der Waals surface area contributed by atoms with Crippen LogP contribution in [0.3, 0.4) is 0 Å². The van der Waals surface area contributed by atoms with Crippen LogP contribution < -0.4 is 10.0 Å². The van der Waals surface area contributed by atoms with Gasteiger partial charge in [-0.1, -0.05) is 12.1 Å². The van der Waals surface area contributed by atoms with E-state index in [1.807, 2.05) is 12.1 Å². The van der Waals surface area contributed by atoms with Crippen molar-refractivity contribution in [3.63, 3.8) is 0 Å². The van der Waals surface area contributed by atoms with Crippen LogP contribution in [0.2, 0.25) is 0 Å². The maximum atomic E-state index is 11.8. The molecule has 2 N–H and O–H groups in total. The van der Waals surface area contributed by atoms with E-state index in [9.17, 15) is 8.42 Å². The molecule has 0 fully saturated rings. The monoisotopic (exact) mass is 255 g/mol. The molecule has 1 aromatic carbocycles. The molecule has 1 aromatic rings. The van der Waals surface area contributed by atoms with Gasteiger partial charge in [-0.25, -0.2) is 0 Å². The highest BCUT2D eigenvalue weighted by molar-refractivity contribution is 7.90. The number of rotatable bonds is 3. The number of benzene rings is 1. The Morgan fingerprint density at radius 2 is 2.12 bits per heavy atom. The summed E-state index contributed by atoms with van der Waals surface area (Å²) < 4.78 is 27.3. The molecule has 0 aliphatic carbocycles. The predicted octanol–water partition coefficient (Wildman–Crippen LogP) is 0.551. The topological polar surface area (TPSA) is 61.4 Å². The highest BCUT2D eigenvalue weighted by Gasteiger charge is 2.18. The van der Waals surface area contributed by atoms with Gasteiger partial charge < -0.3 is 5.32 Å². The van der Waals surface area contributed by atoms with Crippen LogP contribution in [0.4, 0.5) is 5.69 Å². The van der Waals surface area contributed by atoms with Gasteiger partial charge in [0.15, 0.2) is 0 Å². The van der Waals surface area contributed by atoms with Crippen LogP contribution in [-0.2, 0) is 23.2 Å². The molecule has 0 saturated carbocycles. The van der Waals surface area contributed by atoms with Crippen molar-refractivity contribution < 1.29 is 8.42 Å². The predicted molar refractivity (Wildman–Crippen MR) is 68.1 cm³/mol. The van der Waals surface area contributed by atoms with Crippen molar-refractivity contribution in [1.82, 2.24) is 9.62 Å². The Morgan fingerprint density at radius 3 is 2.82 bits per heavy atom. The Kier molecular flexibility index (Phi) is 3.37. The number of nitrogens with zero attached hydrogens (tertiary/aromatic N) is 1. The lowest BCUT2D eigenvalue weighted by Gasteiger charge is -2.22. The minimum Gasteiger partial charge on any atom is -0.312 e. The molecule has 1 aliphatic heterocycles. The second-order valence-electron chi connectivity index (χ2n) is 4.26. The number of hydrogen-bond donors (Lipinski definition) is 2. The molecule has 6 heteroatoms. The smallest absolute Gasteiger partial charge is 0.301 e. The van der Waals surface area contributed by atoms with Crippen molar-refractivity contribution in [3.05, 3.63) is 29.3 Å². The average molecular weight is 255 g/mol. The summed E-state index contributed by atoms with van der Waals surface area (Å²) in [4.78, 5) is 0. The second-order valence-corrected chi connectivity index (χ2v) is 6.14. The summed E-state index contributed by atoms with van der Waals surface area (Å²) >= 11 is 0. The van der Waals surface area contributed by atoms with E-state index in [0.717, 1.165) is 18.5 Å². The van der Waals surface area contributed by atoms with E-state index in [2.05, 4.69) is 10.0 Å². The molecule has 0 radical (unpaired) electrons. The highest BCUT2D eigenvalue weighted by atomic mass is 32.2. The van der Waals surface area contributed by atoms with Gasteiger partial charge >= 0.3 is 10.2 Å². The average Bonchev–Trinajstić information content (AvgIpc) is 2.29. The van der Waals surface area contributed by atoms with Crippen LogP contribution in [0.25, 0.3) is 0 Å². The number of anilines is 1. The van der Waals surface area contributed by atoms with Gasteiger partial charge in [0, 0.05) is 20.6 Å². The van der Waals surface area contributed by atoms with Gasteiger partial charge in [0.05, 0.1) is 5.69 Å². The Bertz CT molecular complexity index is 511. The molecule has 0 spiro atoms. The molecular formula is C11H17N3O2S. The first-order chi connectivity index (χ1) is 8.00. The van der Waals surface area contributed by atoms with Crippen LogP contribution in [0.15, 0.2) is 18.2 Å². The van der Waals surface area contributed by atoms with Crippen molar-refractivity contribution >= 4 is 15.9 Å². The molecule has 5 nitrogen and oxygen atoms in total. The van der Waals surface area contributed by atoms with Crippen LogP contribution in [0.5, 0.6) is 0 Å². The highest BCUT2D eigenvalue weighted by Crippen LogP contribution is 2.23. The van der Waals surface area contributed by atoms with E-state index in [4.69, 9.17) is 0 Å². The largest absolute Gasteiger partial charge is 0.312 e. The Balaban J connectivity index is 2.34. The molecule has 0 bridgehead atoms. The minimum atomic E-state index is -3.43. The Hall–Kier alpha value is -1.11. The van der Waals surface area contributed by atoms with Gasteiger partial charge in [0.25, 0.3) is 0 Å². The van der Waals surface area contributed by atoms with Crippen molar-refractivity contribution in [2.75, 3.05) is 25.4 Å². The van der Waals surface area contributed by atoms with Crippen LogP contribution in [0.1, 0.15) is 11.1 Å². The summed E-state index contributed by atoms with van der Waals surface area (Å²) in [6.07, 6.45) is 0.937. The number of fused-ring (bicyclic) bond motifs is 1. The molecule has 0 amide bonds. The Labute approximate surface area is 102 Å². The van der Waals surface area contributed by atoms with E-state index >= 15 is 0 Å². The first-order valence-corrected chi connectivity index (χ1v) is 6.96. The normalized spacial score (nSPS) is 15.7. The standard InChI is InChI=1S/C11H17N3O2S/c1-14(2)17(15,16)13-11-5-3-4-9-6-7-12-8-10(9)11/h3-5,12-13H,6-8H2,1-2H3. The third-order valence-electron chi connectivity index (χ3n) is 2.87. The van der Waals surface area contributed by atoms with E-state index in [1.54, 1.807) is 6.07 Å². The fraction of sp³-hybridized carbons (Fsp3) is 0.455. The SMILES string of the molecule is CN(C)S(=O)(=O)Nc1cccc2c1CNCC2. The summed E-state index contributed by atoms with van der Waals surface area (Å²) in [5.41, 5.74) is 2.93. The molecule has 0 unspecified atom stereocenters. The van der Waals surface area contributed by atoms with Gasteiger partial charge in [-0.2, -0.15) is 12.7 Å². The van der Waals surface area contributed by atoms with Crippen LogP contribution in [0, 0.1) is 0 Å². The lowest BCUT2D eigenvalue weighted by Crippen LogP contribution is -2.31. The van der Waals surface area contributed by atoms with E-state index in [0.29, 0.717) is 12.2 Å². The molecule has 2 rings (SSSR count). The van der Waals surface area contributed by atoms with Gasteiger partial charge in [-0.15, -0.1) is 0 Å². The Morgan fingerprint density at radius 1 is 1.35 bits per heavy atom. The molecular weight excluding hydrogens is 238 g/mol. The van der Waals surface area contributed by atoms with Gasteiger partial charge in [0.2, 0.25) is 0 Å². The fourth-order valence-electron chi connectivity index (χ4n) is 1.84. The number of hydrogen-bond acceptors (Lipinski definition) is 3. The maximum Gasteiger partial charge on any atom is 0.301 e. The van der Waals surface area contributed by atoms with Crippen LogP contribution in [-0.4, -0.2) is 33.4 Å². The summed E-state index contributed by atoms with van der Waals surface area (Å²) in [5.74, 6) is 0. The summed E-state index contributed by atoms with van der Waals surface area (Å²) in [6.45, 7) is 1.65. The van der Waals surface area contributed by atoms with Gasteiger partial charge in [-0.05, 0) is 30.2 Å². The molecule has 1 aliphatic rings. The van der Waals surface area contributed by atoms with Crippen molar-refractivity contribution in [1.29, 1.82) is 0 Å². The van der Waals surface area contributed by atoms with E-state index < -0.39 is 10.2 Å². The third kappa shape index (κ3) is 2.59. The van der Waals surface area contributed by atoms with Crippen LogP contribution >= 0.6 is 0 Å². The molecule has 0 saturated heterocycles. The quantitative estimate of drug-likeness (QED) is 0.829. The zero-order chi connectivity index (χ0) is 12.5. The van der Waals surface area contributed by atoms with Crippen molar-refractivity contribution in [3.8, 4) is 0 Å². The first kappa shape index (κ1) is 12.3. The summed E-state index contributed by atoms with van der Waals surface area (Å²) in [6, 6.07) is 5.73. The van der Waals surface area contributed by atoms with Crippen molar-refractivity contribution in [2.45, 2.75) is 13.0 Å². The lowest BCUT2D eigenvalue weighted by atomic mass is 10.00. The van der Waals surface area contributed by atoms with Crippen molar-refractivity contribution in [2.24, 2.45) is 0 Å². The van der Waals surface area contributed by atoms with E-state index in [-0.39, 0.29) is 0 Å². The molecule has 0 atom stereocenters.